The molecule has 2 fully saturated rings. The van der Waals surface area contributed by atoms with Crippen molar-refractivity contribution in [1.82, 2.24) is 15.5 Å². The van der Waals surface area contributed by atoms with Gasteiger partial charge in [0, 0.05) is 19.0 Å². The quantitative estimate of drug-likeness (QED) is 0.496. The van der Waals surface area contributed by atoms with Gasteiger partial charge in [0.05, 0.1) is 12.6 Å². The monoisotopic (exact) mass is 271 g/mol. The van der Waals surface area contributed by atoms with E-state index in [1.165, 1.54) is 0 Å². The fraction of sp³-hybridized carbons (Fsp3) is 0.727. The van der Waals surface area contributed by atoms with Crippen LogP contribution in [0.2, 0.25) is 0 Å². The van der Waals surface area contributed by atoms with Crippen LogP contribution >= 0.6 is 0 Å². The van der Waals surface area contributed by atoms with Crippen molar-refractivity contribution in [3.63, 3.8) is 0 Å². The van der Waals surface area contributed by atoms with Gasteiger partial charge in [-0.15, -0.1) is 0 Å². The number of nitrogens with one attached hydrogen (secondary N) is 2. The van der Waals surface area contributed by atoms with Gasteiger partial charge in [-0.2, -0.15) is 0 Å². The molecule has 0 bridgehead atoms. The van der Waals surface area contributed by atoms with Gasteiger partial charge in [0.25, 0.3) is 0 Å². The van der Waals surface area contributed by atoms with Crippen molar-refractivity contribution in [3.8, 4) is 0 Å². The third-order valence-corrected chi connectivity index (χ3v) is 3.17. The van der Waals surface area contributed by atoms with E-state index in [1.807, 2.05) is 0 Å². The highest BCUT2D eigenvalue weighted by atomic mass is 16.4. The van der Waals surface area contributed by atoms with E-state index in [9.17, 15) is 19.5 Å². The Bertz CT molecular complexity index is 396. The largest absolute Gasteiger partial charge is 0.480 e. The van der Waals surface area contributed by atoms with Crippen molar-refractivity contribution in [3.05, 3.63) is 0 Å². The lowest BCUT2D eigenvalue weighted by Crippen LogP contribution is -2.48. The average molecular weight is 271 g/mol. The Labute approximate surface area is 109 Å². The van der Waals surface area contributed by atoms with Gasteiger partial charge in [0.2, 0.25) is 5.91 Å². The van der Waals surface area contributed by atoms with Crippen LogP contribution in [0.3, 0.4) is 0 Å². The molecule has 0 radical (unpaired) electrons. The number of nitrogens with zero attached hydrogens (tertiary/aromatic N) is 1. The second-order valence-electron chi connectivity index (χ2n) is 4.90. The first kappa shape index (κ1) is 13.6. The number of rotatable bonds is 4. The SMILES string of the molecule is O=C(CNC(=O)N1CC(O)C[C@H]1C(=O)O)NC1CC1. The number of aliphatic hydroxyl groups is 1. The highest BCUT2D eigenvalue weighted by molar-refractivity contribution is 5.87. The molecule has 2 aliphatic rings. The number of likely N-dealkylation sites (tertiary alicyclic amines) is 1. The van der Waals surface area contributed by atoms with Crippen LogP contribution in [0.25, 0.3) is 0 Å². The molecule has 1 aliphatic heterocycles. The standard InChI is InChI=1S/C11H17N3O5/c15-7-3-8(10(17)18)14(5-7)11(19)12-4-9(16)13-6-1-2-6/h6-8,15H,1-5H2,(H,12,19)(H,13,16)(H,17,18)/t7?,8-/m0/s1. The molecule has 2 atom stereocenters. The van der Waals surface area contributed by atoms with Gasteiger partial charge >= 0.3 is 12.0 Å². The molecule has 8 heteroatoms. The van der Waals surface area contributed by atoms with E-state index < -0.39 is 24.1 Å². The van der Waals surface area contributed by atoms with E-state index in [-0.39, 0.29) is 31.5 Å². The lowest BCUT2D eigenvalue weighted by Gasteiger charge is -2.21. The van der Waals surface area contributed by atoms with Gasteiger partial charge in [-0.25, -0.2) is 9.59 Å². The first-order chi connectivity index (χ1) is 8.97. The zero-order valence-electron chi connectivity index (χ0n) is 10.3. The van der Waals surface area contributed by atoms with Gasteiger partial charge in [-0.3, -0.25) is 4.79 Å². The maximum atomic E-state index is 11.8. The Hall–Kier alpha value is -1.83. The number of β-amino-alcohol motifs (C(OH)–C–C–N with tert-alkyl or cyclic N) is 1. The molecule has 0 spiro atoms. The summed E-state index contributed by atoms with van der Waals surface area (Å²) in [6, 6.07) is -1.47. The molecule has 19 heavy (non-hydrogen) atoms. The van der Waals surface area contributed by atoms with Crippen LogP contribution in [-0.4, -0.2) is 64.3 Å². The smallest absolute Gasteiger partial charge is 0.326 e. The van der Waals surface area contributed by atoms with E-state index in [1.54, 1.807) is 0 Å². The van der Waals surface area contributed by atoms with Crippen LogP contribution in [0.1, 0.15) is 19.3 Å². The molecule has 0 aromatic carbocycles. The van der Waals surface area contributed by atoms with E-state index in [0.29, 0.717) is 0 Å². The molecular formula is C11H17N3O5. The summed E-state index contributed by atoms with van der Waals surface area (Å²) >= 11 is 0. The predicted octanol–water partition coefficient (Wildman–Crippen LogP) is -1.51. The van der Waals surface area contributed by atoms with E-state index in [2.05, 4.69) is 10.6 Å². The maximum Gasteiger partial charge on any atom is 0.326 e. The summed E-state index contributed by atoms with van der Waals surface area (Å²) in [5, 5.41) is 23.4. The predicted molar refractivity (Wildman–Crippen MR) is 63.3 cm³/mol. The van der Waals surface area contributed by atoms with Crippen LogP contribution in [0.5, 0.6) is 0 Å². The first-order valence-corrected chi connectivity index (χ1v) is 6.22. The second-order valence-corrected chi connectivity index (χ2v) is 4.90. The lowest BCUT2D eigenvalue weighted by atomic mass is 10.2. The maximum absolute atomic E-state index is 11.8. The minimum atomic E-state index is -1.16. The Balaban J connectivity index is 1.80. The molecule has 0 aromatic rings. The third kappa shape index (κ3) is 3.57. The van der Waals surface area contributed by atoms with Crippen molar-refractivity contribution < 1.29 is 24.6 Å². The molecule has 2 rings (SSSR count). The Morgan fingerprint density at radius 2 is 1.95 bits per heavy atom. The molecule has 1 unspecified atom stereocenters. The van der Waals surface area contributed by atoms with E-state index in [4.69, 9.17) is 5.11 Å². The molecule has 8 nitrogen and oxygen atoms in total. The molecule has 1 saturated heterocycles. The Morgan fingerprint density at radius 1 is 1.26 bits per heavy atom. The third-order valence-electron chi connectivity index (χ3n) is 3.17. The van der Waals surface area contributed by atoms with Gasteiger partial charge in [0.1, 0.15) is 6.04 Å². The summed E-state index contributed by atoms with van der Waals surface area (Å²) in [6.45, 7) is -0.221. The molecule has 1 aliphatic carbocycles. The lowest BCUT2D eigenvalue weighted by molar-refractivity contribution is -0.141. The van der Waals surface area contributed by atoms with E-state index in [0.717, 1.165) is 17.7 Å². The van der Waals surface area contributed by atoms with Crippen molar-refractivity contribution in [2.24, 2.45) is 0 Å². The number of amides is 3. The normalized spacial score (nSPS) is 26.1. The molecular weight excluding hydrogens is 254 g/mol. The first-order valence-electron chi connectivity index (χ1n) is 6.22. The van der Waals surface area contributed by atoms with Crippen LogP contribution < -0.4 is 10.6 Å². The molecule has 3 amide bonds. The number of hydrogen-bond acceptors (Lipinski definition) is 4. The molecule has 106 valence electrons. The highest BCUT2D eigenvalue weighted by Gasteiger charge is 2.39. The number of hydrogen-bond donors (Lipinski definition) is 4. The van der Waals surface area contributed by atoms with E-state index >= 15 is 0 Å². The molecule has 1 heterocycles. The summed E-state index contributed by atoms with van der Waals surface area (Å²) in [5.74, 6) is -1.45. The van der Waals surface area contributed by atoms with Crippen LogP contribution in [-0.2, 0) is 9.59 Å². The van der Waals surface area contributed by atoms with Gasteiger partial charge < -0.3 is 25.7 Å². The summed E-state index contributed by atoms with van der Waals surface area (Å²) < 4.78 is 0. The molecule has 1 saturated carbocycles. The number of carbonyl (C=O) groups is 3. The van der Waals surface area contributed by atoms with Gasteiger partial charge in [-0.05, 0) is 12.8 Å². The van der Waals surface area contributed by atoms with Crippen molar-refractivity contribution in [2.45, 2.75) is 37.5 Å². The van der Waals surface area contributed by atoms with Crippen LogP contribution in [0, 0.1) is 0 Å². The number of carboxylic acids is 1. The van der Waals surface area contributed by atoms with Gasteiger partial charge in [-0.1, -0.05) is 0 Å². The van der Waals surface area contributed by atoms with Crippen molar-refractivity contribution in [2.75, 3.05) is 13.1 Å². The minimum absolute atomic E-state index is 0.0109. The number of urea groups is 1. The fourth-order valence-electron chi connectivity index (χ4n) is 2.04. The topological polar surface area (TPSA) is 119 Å². The Morgan fingerprint density at radius 3 is 2.53 bits per heavy atom. The number of aliphatic carboxylic acids is 1. The summed E-state index contributed by atoms with van der Waals surface area (Å²) in [4.78, 5) is 35.1. The zero-order valence-corrected chi connectivity index (χ0v) is 10.3. The summed E-state index contributed by atoms with van der Waals surface area (Å²) in [6.07, 6.45) is 1.09. The Kier molecular flexibility index (Phi) is 3.89. The van der Waals surface area contributed by atoms with Crippen LogP contribution in [0.4, 0.5) is 4.79 Å². The number of carboxylic acid groups (broad SMARTS) is 1. The average Bonchev–Trinajstić information content (AvgIpc) is 3.05. The number of aliphatic hydroxyl groups excluding tert-OH is 1. The number of carbonyl (C=O) groups excluding carboxylic acids is 2. The summed E-state index contributed by atoms with van der Waals surface area (Å²) in [5.41, 5.74) is 0. The second kappa shape index (κ2) is 5.43. The summed E-state index contributed by atoms with van der Waals surface area (Å²) in [7, 11) is 0. The highest BCUT2D eigenvalue weighted by Crippen LogP contribution is 2.19. The fourth-order valence-corrected chi connectivity index (χ4v) is 2.04. The van der Waals surface area contributed by atoms with Crippen LogP contribution in [0.15, 0.2) is 0 Å². The minimum Gasteiger partial charge on any atom is -0.480 e. The van der Waals surface area contributed by atoms with Crippen molar-refractivity contribution in [1.29, 1.82) is 0 Å². The molecule has 0 aromatic heterocycles. The molecule has 4 N–H and O–H groups in total. The van der Waals surface area contributed by atoms with Gasteiger partial charge in [0.15, 0.2) is 0 Å². The van der Waals surface area contributed by atoms with Crippen molar-refractivity contribution >= 4 is 17.9 Å². The zero-order chi connectivity index (χ0) is 14.0.